The van der Waals surface area contributed by atoms with E-state index in [2.05, 4.69) is 0 Å². The van der Waals surface area contributed by atoms with Crippen LogP contribution in [0.5, 0.6) is 11.5 Å². The van der Waals surface area contributed by atoms with Gasteiger partial charge in [-0.3, -0.25) is 4.79 Å². The van der Waals surface area contributed by atoms with Gasteiger partial charge in [-0.05, 0) is 79.6 Å². The number of hydrogen-bond acceptors (Lipinski definition) is 7. The summed E-state index contributed by atoms with van der Waals surface area (Å²) < 4.78 is 31.9. The zero-order chi connectivity index (χ0) is 29.3. The number of hydrogen-bond donors (Lipinski definition) is 2. The van der Waals surface area contributed by atoms with Crippen LogP contribution in [0.1, 0.15) is 84.3 Å². The van der Waals surface area contributed by atoms with Gasteiger partial charge >= 0.3 is 16.1 Å². The third-order valence-electron chi connectivity index (χ3n) is 7.65. The van der Waals surface area contributed by atoms with Crippen molar-refractivity contribution in [1.82, 2.24) is 0 Å². The van der Waals surface area contributed by atoms with E-state index in [1.54, 1.807) is 23.5 Å². The lowest BCUT2D eigenvalue weighted by Gasteiger charge is -2.18. The lowest BCUT2D eigenvalue weighted by Crippen LogP contribution is -2.13. The van der Waals surface area contributed by atoms with Crippen molar-refractivity contribution in [2.75, 3.05) is 0 Å². The Labute approximate surface area is 243 Å². The molecule has 0 unspecified atom stereocenters. The van der Waals surface area contributed by atoms with Crippen LogP contribution in [0, 0.1) is 13.8 Å². The summed E-state index contributed by atoms with van der Waals surface area (Å²) in [6.45, 7) is 3.97. The molecule has 5 rings (SSSR count). The third-order valence-corrected chi connectivity index (χ3v) is 10.1. The zero-order valence-corrected chi connectivity index (χ0v) is 24.3. The maximum absolute atomic E-state index is 14.0. The summed E-state index contributed by atoms with van der Waals surface area (Å²) in [4.78, 5) is 26.9. The summed E-state index contributed by atoms with van der Waals surface area (Å²) in [7, 11) is -4.40. The van der Waals surface area contributed by atoms with E-state index in [1.807, 2.05) is 44.2 Å². The minimum Gasteiger partial charge on any atom is -0.507 e. The number of aromatic hydroxyl groups is 1. The van der Waals surface area contributed by atoms with Gasteiger partial charge in [-0.15, -0.1) is 11.3 Å². The topological polar surface area (TPSA) is 118 Å². The Morgan fingerprint density at radius 1 is 0.976 bits per heavy atom. The van der Waals surface area contributed by atoms with Crippen molar-refractivity contribution in [2.24, 2.45) is 0 Å². The third kappa shape index (κ3) is 5.92. The highest BCUT2D eigenvalue weighted by Gasteiger charge is 2.28. The Hall–Kier alpha value is -3.95. The molecule has 0 amide bonds. The molecule has 1 saturated carbocycles. The van der Waals surface area contributed by atoms with Crippen molar-refractivity contribution in [2.45, 2.75) is 56.8 Å². The standard InChI is InChI=1S/C32H30O7S2/c1-19-20(2)40-29(16-21-8-4-3-5-9-21)30(19)31(34)23-12-15-28(26(17-23)22-10-6-7-11-22)39-41(37,38)24-13-14-25(32(35)36)27(33)18-24/h3-5,8-9,12-15,17-18,22,33H,6-7,10-11,16H2,1-2H3,(H,35,36). The molecule has 1 aliphatic carbocycles. The first-order chi connectivity index (χ1) is 19.5. The first kappa shape index (κ1) is 28.6. The predicted octanol–water partition coefficient (Wildman–Crippen LogP) is 7.02. The summed E-state index contributed by atoms with van der Waals surface area (Å²) >= 11 is 1.62. The van der Waals surface area contributed by atoms with Crippen molar-refractivity contribution >= 4 is 33.2 Å². The normalized spacial score (nSPS) is 13.8. The molecule has 1 fully saturated rings. The van der Waals surface area contributed by atoms with Crippen molar-refractivity contribution in [3.05, 3.63) is 110 Å². The molecule has 7 nitrogen and oxygen atoms in total. The Morgan fingerprint density at radius 3 is 2.34 bits per heavy atom. The summed E-state index contributed by atoms with van der Waals surface area (Å²) in [6.07, 6.45) is 4.31. The predicted molar refractivity (Wildman–Crippen MR) is 157 cm³/mol. The molecule has 0 bridgehead atoms. The number of carbonyl (C=O) groups is 2. The van der Waals surface area contributed by atoms with Gasteiger partial charge in [-0.2, -0.15) is 8.42 Å². The molecule has 1 heterocycles. The number of phenols is 1. The monoisotopic (exact) mass is 590 g/mol. The number of carboxylic acids is 1. The zero-order valence-electron chi connectivity index (χ0n) is 22.7. The fraction of sp³-hybridized carbons (Fsp3) is 0.250. The van der Waals surface area contributed by atoms with Crippen LogP contribution in [0.25, 0.3) is 0 Å². The van der Waals surface area contributed by atoms with E-state index in [-0.39, 0.29) is 22.3 Å². The smallest absolute Gasteiger partial charge is 0.339 e. The summed E-state index contributed by atoms with van der Waals surface area (Å²) in [6, 6.07) is 17.8. The van der Waals surface area contributed by atoms with E-state index in [4.69, 9.17) is 9.29 Å². The van der Waals surface area contributed by atoms with Gasteiger partial charge in [0.25, 0.3) is 0 Å². The van der Waals surface area contributed by atoms with E-state index < -0.39 is 27.4 Å². The molecule has 9 heteroatoms. The molecule has 4 aromatic rings. The molecule has 0 saturated heterocycles. The fourth-order valence-corrected chi connectivity index (χ4v) is 7.57. The average molecular weight is 591 g/mol. The molecule has 212 valence electrons. The SMILES string of the molecule is Cc1sc(Cc2ccccc2)c(C(=O)c2ccc(OS(=O)(=O)c3ccc(C(=O)O)c(O)c3)c(C3CCCC3)c2)c1C. The van der Waals surface area contributed by atoms with Crippen molar-refractivity contribution in [3.8, 4) is 11.5 Å². The minimum absolute atomic E-state index is 0.0323. The van der Waals surface area contributed by atoms with Crippen LogP contribution in [0.15, 0.2) is 71.6 Å². The van der Waals surface area contributed by atoms with Crippen LogP contribution >= 0.6 is 11.3 Å². The quantitative estimate of drug-likeness (QED) is 0.159. The number of rotatable bonds is 9. The van der Waals surface area contributed by atoms with Gasteiger partial charge in [-0.25, -0.2) is 4.79 Å². The Morgan fingerprint density at radius 2 is 1.68 bits per heavy atom. The summed E-state index contributed by atoms with van der Waals surface area (Å²) in [5.41, 5.74) is 3.45. The number of ketones is 1. The molecule has 0 aliphatic heterocycles. The largest absolute Gasteiger partial charge is 0.507 e. The summed E-state index contributed by atoms with van der Waals surface area (Å²) in [5, 5.41) is 19.2. The number of carbonyl (C=O) groups excluding carboxylic acids is 1. The van der Waals surface area contributed by atoms with Crippen LogP contribution in [0.4, 0.5) is 0 Å². The van der Waals surface area contributed by atoms with Gasteiger partial charge in [-0.1, -0.05) is 43.2 Å². The van der Waals surface area contributed by atoms with Gasteiger partial charge < -0.3 is 14.4 Å². The molecule has 1 aromatic heterocycles. The number of carboxylic acid groups (broad SMARTS) is 1. The molecule has 2 N–H and O–H groups in total. The Bertz CT molecular complexity index is 1730. The van der Waals surface area contributed by atoms with E-state index in [1.165, 1.54) is 6.07 Å². The van der Waals surface area contributed by atoms with Gasteiger partial charge in [0, 0.05) is 33.4 Å². The lowest BCUT2D eigenvalue weighted by atomic mass is 9.91. The maximum atomic E-state index is 14.0. The first-order valence-corrected chi connectivity index (χ1v) is 15.6. The number of aryl methyl sites for hydroxylation is 1. The van der Waals surface area contributed by atoms with Gasteiger partial charge in [0.2, 0.25) is 0 Å². The van der Waals surface area contributed by atoms with Crippen LogP contribution in [-0.2, 0) is 16.5 Å². The van der Waals surface area contributed by atoms with Crippen molar-refractivity contribution in [1.29, 1.82) is 0 Å². The van der Waals surface area contributed by atoms with Crippen LogP contribution in [0.3, 0.4) is 0 Å². The second kappa shape index (κ2) is 11.5. The molecule has 0 radical (unpaired) electrons. The molecular formula is C32H30O7S2. The lowest BCUT2D eigenvalue weighted by molar-refractivity contribution is 0.0693. The fourth-order valence-electron chi connectivity index (χ4n) is 5.38. The average Bonchev–Trinajstić information content (AvgIpc) is 3.57. The maximum Gasteiger partial charge on any atom is 0.339 e. The van der Waals surface area contributed by atoms with Crippen molar-refractivity contribution < 1.29 is 32.4 Å². The number of benzene rings is 3. The summed E-state index contributed by atoms with van der Waals surface area (Å²) in [5.74, 6) is -2.01. The highest BCUT2D eigenvalue weighted by atomic mass is 32.2. The second-order valence-electron chi connectivity index (χ2n) is 10.3. The first-order valence-electron chi connectivity index (χ1n) is 13.4. The molecule has 1 aliphatic rings. The van der Waals surface area contributed by atoms with Crippen molar-refractivity contribution in [3.63, 3.8) is 0 Å². The van der Waals surface area contributed by atoms with E-state index in [0.29, 0.717) is 23.1 Å². The van der Waals surface area contributed by atoms with E-state index >= 15 is 0 Å². The van der Waals surface area contributed by atoms with Gasteiger partial charge in [0.05, 0.1) is 0 Å². The highest BCUT2D eigenvalue weighted by Crippen LogP contribution is 2.41. The van der Waals surface area contributed by atoms with Crippen LogP contribution < -0.4 is 4.18 Å². The molecule has 0 spiro atoms. The van der Waals surface area contributed by atoms with Gasteiger partial charge in [0.15, 0.2) is 5.78 Å². The van der Waals surface area contributed by atoms with Crippen LogP contribution in [-0.4, -0.2) is 30.4 Å². The van der Waals surface area contributed by atoms with Gasteiger partial charge in [0.1, 0.15) is 22.0 Å². The second-order valence-corrected chi connectivity index (χ2v) is 13.2. The van der Waals surface area contributed by atoms with E-state index in [9.17, 15) is 23.1 Å². The molecule has 3 aromatic carbocycles. The number of thiophene rings is 1. The Kier molecular flexibility index (Phi) is 8.02. The number of aromatic carboxylic acids is 1. The highest BCUT2D eigenvalue weighted by molar-refractivity contribution is 7.87. The van der Waals surface area contributed by atoms with Crippen LogP contribution in [0.2, 0.25) is 0 Å². The molecule has 41 heavy (non-hydrogen) atoms. The molecule has 0 atom stereocenters. The minimum atomic E-state index is -4.40. The van der Waals surface area contributed by atoms with E-state index in [0.717, 1.165) is 64.8 Å². The molecular weight excluding hydrogens is 560 g/mol. The Balaban J connectivity index is 1.51.